The Morgan fingerprint density at radius 2 is 2.19 bits per heavy atom. The quantitative estimate of drug-likeness (QED) is 0.906. The summed E-state index contributed by atoms with van der Waals surface area (Å²) in [6.45, 7) is 7.32. The molecule has 0 aromatic carbocycles. The van der Waals surface area contributed by atoms with Crippen LogP contribution in [0.15, 0.2) is 6.20 Å². The fraction of sp³-hybridized carbons (Fsp3) is 0.727. The first-order chi connectivity index (χ1) is 7.34. The van der Waals surface area contributed by atoms with Crippen LogP contribution < -0.4 is 0 Å². The van der Waals surface area contributed by atoms with Gasteiger partial charge in [0.1, 0.15) is 0 Å². The van der Waals surface area contributed by atoms with Gasteiger partial charge in [-0.15, -0.1) is 11.3 Å². The number of aliphatic hydroxyl groups excluding tert-OH is 1. The molecule has 1 heterocycles. The second kappa shape index (κ2) is 5.45. The lowest BCUT2D eigenvalue weighted by Crippen LogP contribution is -2.43. The second-order valence-corrected chi connectivity index (χ2v) is 6.76. The van der Waals surface area contributed by atoms with Gasteiger partial charge in [-0.25, -0.2) is 4.98 Å². The zero-order valence-electron chi connectivity index (χ0n) is 10.2. The van der Waals surface area contributed by atoms with E-state index < -0.39 is 0 Å². The lowest BCUT2D eigenvalue weighted by molar-refractivity contribution is 0.0620. The molecule has 1 N–H and O–H groups in total. The zero-order valence-corrected chi connectivity index (χ0v) is 11.8. The summed E-state index contributed by atoms with van der Waals surface area (Å²) in [4.78, 5) is 7.28. The molecular formula is C11H19ClN2OS. The average Bonchev–Trinajstić information content (AvgIpc) is 2.49. The molecule has 1 unspecified atom stereocenters. The van der Waals surface area contributed by atoms with E-state index >= 15 is 0 Å². The minimum absolute atomic E-state index is 0.0536. The van der Waals surface area contributed by atoms with Gasteiger partial charge in [0.2, 0.25) is 0 Å². The highest BCUT2D eigenvalue weighted by molar-refractivity contribution is 7.15. The molecule has 0 saturated heterocycles. The van der Waals surface area contributed by atoms with E-state index in [-0.39, 0.29) is 18.1 Å². The molecular weight excluding hydrogens is 244 g/mol. The number of hydrogen-bond donors (Lipinski definition) is 1. The fourth-order valence-electron chi connectivity index (χ4n) is 1.79. The predicted octanol–water partition coefficient (Wildman–Crippen LogP) is 2.64. The number of aliphatic hydroxyl groups is 1. The average molecular weight is 263 g/mol. The van der Waals surface area contributed by atoms with Crippen LogP contribution in [0.25, 0.3) is 0 Å². The number of halogens is 1. The Kier molecular flexibility index (Phi) is 4.73. The summed E-state index contributed by atoms with van der Waals surface area (Å²) in [5, 5.41) is 9.44. The number of rotatable bonds is 4. The van der Waals surface area contributed by atoms with E-state index in [1.165, 1.54) is 11.3 Å². The van der Waals surface area contributed by atoms with Crippen molar-refractivity contribution >= 4 is 22.9 Å². The first-order valence-corrected chi connectivity index (χ1v) is 6.45. The Morgan fingerprint density at radius 3 is 2.56 bits per heavy atom. The van der Waals surface area contributed by atoms with Crippen molar-refractivity contribution < 1.29 is 5.11 Å². The number of aromatic nitrogens is 1. The number of nitrogens with zero attached hydrogens (tertiary/aromatic N) is 2. The van der Waals surface area contributed by atoms with Crippen molar-refractivity contribution in [2.45, 2.75) is 33.4 Å². The molecule has 3 nitrogen and oxygen atoms in total. The molecule has 1 atom stereocenters. The first-order valence-electron chi connectivity index (χ1n) is 5.26. The van der Waals surface area contributed by atoms with Gasteiger partial charge >= 0.3 is 0 Å². The van der Waals surface area contributed by atoms with E-state index in [1.807, 2.05) is 7.05 Å². The van der Waals surface area contributed by atoms with Crippen LogP contribution in [0.3, 0.4) is 0 Å². The van der Waals surface area contributed by atoms with Crippen LogP contribution in [0.2, 0.25) is 4.47 Å². The Bertz CT molecular complexity index is 335. The van der Waals surface area contributed by atoms with Crippen molar-refractivity contribution in [1.82, 2.24) is 9.88 Å². The SMILES string of the molecule is CN(Cc1cnc(Cl)s1)C(CO)C(C)(C)C. The summed E-state index contributed by atoms with van der Waals surface area (Å²) in [7, 11) is 2.01. The third-order valence-corrected chi connectivity index (χ3v) is 3.73. The van der Waals surface area contributed by atoms with Gasteiger partial charge in [0.15, 0.2) is 4.47 Å². The van der Waals surface area contributed by atoms with Gasteiger partial charge in [-0.05, 0) is 12.5 Å². The molecule has 0 aliphatic carbocycles. The maximum atomic E-state index is 9.44. The van der Waals surface area contributed by atoms with Crippen molar-refractivity contribution in [3.8, 4) is 0 Å². The van der Waals surface area contributed by atoms with E-state index in [2.05, 4.69) is 30.7 Å². The maximum Gasteiger partial charge on any atom is 0.183 e. The minimum atomic E-state index is 0.0536. The molecule has 0 radical (unpaired) electrons. The Balaban J connectivity index is 2.66. The monoisotopic (exact) mass is 262 g/mol. The van der Waals surface area contributed by atoms with Gasteiger partial charge < -0.3 is 5.11 Å². The molecule has 1 aromatic heterocycles. The van der Waals surface area contributed by atoms with Crippen LogP contribution in [0.1, 0.15) is 25.6 Å². The van der Waals surface area contributed by atoms with E-state index in [0.717, 1.165) is 11.4 Å². The van der Waals surface area contributed by atoms with Gasteiger partial charge in [-0.3, -0.25) is 4.90 Å². The molecule has 0 amide bonds. The summed E-state index contributed by atoms with van der Waals surface area (Å²) in [5.74, 6) is 0. The van der Waals surface area contributed by atoms with Crippen molar-refractivity contribution in [3.05, 3.63) is 15.5 Å². The van der Waals surface area contributed by atoms with E-state index in [0.29, 0.717) is 4.47 Å². The highest BCUT2D eigenvalue weighted by atomic mass is 35.5. The highest BCUT2D eigenvalue weighted by Gasteiger charge is 2.27. The van der Waals surface area contributed by atoms with Gasteiger partial charge in [-0.1, -0.05) is 32.4 Å². The van der Waals surface area contributed by atoms with Crippen LogP contribution in [-0.4, -0.2) is 34.7 Å². The van der Waals surface area contributed by atoms with Gasteiger partial charge in [0, 0.05) is 23.7 Å². The third-order valence-electron chi connectivity index (χ3n) is 2.64. The summed E-state index contributed by atoms with van der Waals surface area (Å²) < 4.78 is 0.569. The molecule has 0 fully saturated rings. The van der Waals surface area contributed by atoms with Gasteiger partial charge in [0.05, 0.1) is 6.61 Å². The molecule has 0 saturated carbocycles. The topological polar surface area (TPSA) is 36.4 Å². The molecule has 0 spiro atoms. The smallest absolute Gasteiger partial charge is 0.183 e. The molecule has 92 valence electrons. The van der Waals surface area contributed by atoms with Crippen molar-refractivity contribution in [3.63, 3.8) is 0 Å². The Hall–Kier alpha value is -0.160. The highest BCUT2D eigenvalue weighted by Crippen LogP contribution is 2.26. The standard InChI is InChI=1S/C11H19ClN2OS/c1-11(2,3)9(7-15)14(4)6-8-5-13-10(12)16-8/h5,9,15H,6-7H2,1-4H3. The lowest BCUT2D eigenvalue weighted by atomic mass is 9.86. The van der Waals surface area contributed by atoms with E-state index in [1.54, 1.807) is 6.20 Å². The zero-order chi connectivity index (χ0) is 12.3. The minimum Gasteiger partial charge on any atom is -0.395 e. The molecule has 1 aromatic rings. The maximum absolute atomic E-state index is 9.44. The normalized spacial score (nSPS) is 14.4. The molecule has 5 heteroatoms. The van der Waals surface area contributed by atoms with Crippen LogP contribution >= 0.6 is 22.9 Å². The molecule has 0 bridgehead atoms. The van der Waals surface area contributed by atoms with Crippen LogP contribution in [0.5, 0.6) is 0 Å². The van der Waals surface area contributed by atoms with Crippen molar-refractivity contribution in [1.29, 1.82) is 0 Å². The summed E-state index contributed by atoms with van der Waals surface area (Å²) >= 11 is 7.27. The van der Waals surface area contributed by atoms with Gasteiger partial charge in [-0.2, -0.15) is 0 Å². The lowest BCUT2D eigenvalue weighted by Gasteiger charge is -2.36. The summed E-state index contributed by atoms with van der Waals surface area (Å²) in [5.41, 5.74) is 0.0536. The van der Waals surface area contributed by atoms with E-state index in [4.69, 9.17) is 11.6 Å². The Labute approximate surface area is 106 Å². The first kappa shape index (κ1) is 13.9. The van der Waals surface area contributed by atoms with Crippen molar-refractivity contribution in [2.24, 2.45) is 5.41 Å². The number of likely N-dealkylation sites (N-methyl/N-ethyl adjacent to an activating group) is 1. The second-order valence-electron chi connectivity index (χ2n) is 5.06. The van der Waals surface area contributed by atoms with Crippen LogP contribution in [0, 0.1) is 5.41 Å². The summed E-state index contributed by atoms with van der Waals surface area (Å²) in [6.07, 6.45) is 1.79. The molecule has 16 heavy (non-hydrogen) atoms. The van der Waals surface area contributed by atoms with Crippen LogP contribution in [0.4, 0.5) is 0 Å². The van der Waals surface area contributed by atoms with Gasteiger partial charge in [0.25, 0.3) is 0 Å². The van der Waals surface area contributed by atoms with E-state index in [9.17, 15) is 5.11 Å². The largest absolute Gasteiger partial charge is 0.395 e. The molecule has 1 rings (SSSR count). The molecule has 0 aliphatic heterocycles. The fourth-order valence-corrected chi connectivity index (χ4v) is 2.83. The number of thiazole rings is 1. The summed E-state index contributed by atoms with van der Waals surface area (Å²) in [6, 6.07) is 0.133. The van der Waals surface area contributed by atoms with Crippen LogP contribution in [-0.2, 0) is 6.54 Å². The molecule has 0 aliphatic rings. The van der Waals surface area contributed by atoms with Crippen molar-refractivity contribution in [2.75, 3.05) is 13.7 Å². The number of hydrogen-bond acceptors (Lipinski definition) is 4. The predicted molar refractivity (Wildman–Crippen MR) is 68.9 cm³/mol. The third kappa shape index (κ3) is 3.70. The Morgan fingerprint density at radius 1 is 1.56 bits per heavy atom.